The first-order valence-electron chi connectivity index (χ1n) is 17.8. The molecular formula is C46H42. The maximum absolute atomic E-state index is 2.73. The van der Waals surface area contributed by atoms with E-state index in [-0.39, 0.29) is 5.92 Å². The molecule has 10 rings (SSSR count). The van der Waals surface area contributed by atoms with E-state index in [1.807, 2.05) is 0 Å². The van der Waals surface area contributed by atoms with E-state index >= 15 is 0 Å². The van der Waals surface area contributed by atoms with Gasteiger partial charge in [-0.25, -0.2) is 0 Å². The van der Waals surface area contributed by atoms with E-state index in [9.17, 15) is 0 Å². The average molecular weight is 595 g/mol. The van der Waals surface area contributed by atoms with Crippen molar-refractivity contribution in [1.82, 2.24) is 0 Å². The Balaban J connectivity index is 1.32. The van der Waals surface area contributed by atoms with Crippen LogP contribution < -0.4 is 0 Å². The number of aryl methyl sites for hydroxylation is 1. The second-order valence-corrected chi connectivity index (χ2v) is 15.2. The van der Waals surface area contributed by atoms with Crippen LogP contribution in [0, 0.1) is 24.7 Å². The van der Waals surface area contributed by atoms with E-state index in [0.717, 1.165) is 25.7 Å². The molecule has 0 nitrogen and oxygen atoms in total. The van der Waals surface area contributed by atoms with E-state index in [1.165, 1.54) is 27.8 Å². The first kappa shape index (κ1) is 27.0. The van der Waals surface area contributed by atoms with Crippen LogP contribution in [0.15, 0.2) is 153 Å². The van der Waals surface area contributed by atoms with Crippen LogP contribution in [0.25, 0.3) is 5.57 Å². The largest absolute Gasteiger partial charge is 0.0836 e. The molecule has 2 aromatic carbocycles. The monoisotopic (exact) mass is 594 g/mol. The molecule has 0 amide bonds. The van der Waals surface area contributed by atoms with Crippen molar-refractivity contribution >= 4 is 5.57 Å². The molecule has 0 N–H and O–H groups in total. The highest BCUT2D eigenvalue weighted by molar-refractivity contribution is 5.96. The van der Waals surface area contributed by atoms with Crippen LogP contribution in [0.4, 0.5) is 0 Å². The zero-order valence-electron chi connectivity index (χ0n) is 27.5. The lowest BCUT2D eigenvalue weighted by atomic mass is 9.59. The van der Waals surface area contributed by atoms with Gasteiger partial charge in [-0.1, -0.05) is 117 Å². The lowest BCUT2D eigenvalue weighted by Gasteiger charge is -2.44. The summed E-state index contributed by atoms with van der Waals surface area (Å²) in [5.41, 5.74) is 24.8. The van der Waals surface area contributed by atoms with E-state index in [2.05, 4.69) is 125 Å². The average Bonchev–Trinajstić information content (AvgIpc) is 3.56. The molecular weight excluding hydrogens is 553 g/mol. The molecule has 0 aliphatic heterocycles. The van der Waals surface area contributed by atoms with Gasteiger partial charge in [0.25, 0.3) is 0 Å². The van der Waals surface area contributed by atoms with Crippen molar-refractivity contribution in [2.45, 2.75) is 71.1 Å². The Morgan fingerprint density at radius 2 is 1.65 bits per heavy atom. The van der Waals surface area contributed by atoms with Gasteiger partial charge in [-0.15, -0.1) is 0 Å². The highest BCUT2D eigenvalue weighted by atomic mass is 14.5. The summed E-state index contributed by atoms with van der Waals surface area (Å²) < 4.78 is 0. The van der Waals surface area contributed by atoms with Crippen molar-refractivity contribution in [3.8, 4) is 0 Å². The summed E-state index contributed by atoms with van der Waals surface area (Å²) in [6, 6.07) is 16.5. The topological polar surface area (TPSA) is 0 Å². The predicted molar refractivity (Wildman–Crippen MR) is 191 cm³/mol. The molecule has 0 saturated carbocycles. The van der Waals surface area contributed by atoms with Gasteiger partial charge in [-0.05, 0) is 135 Å². The summed E-state index contributed by atoms with van der Waals surface area (Å²) in [5.74, 6) is 2.52. The second kappa shape index (κ2) is 9.68. The van der Waals surface area contributed by atoms with E-state index < -0.39 is 0 Å². The molecule has 0 fully saturated rings. The molecule has 0 heteroatoms. The Hall–Kier alpha value is -4.16. The fraction of sp³-hybridized carbons (Fsp3) is 0.304. The SMILES string of the molecule is CC1=CC2=C(CC1C)C1=CC3=C(C(C4=CCCC=C4)=C4C5=CCC(C)c6c(C)ccc(c65)C4C3c3ccccc3)C3C=CC=C2C13. The first-order valence-corrected chi connectivity index (χ1v) is 17.8. The maximum atomic E-state index is 2.73. The summed E-state index contributed by atoms with van der Waals surface area (Å²) in [7, 11) is 0. The second-order valence-electron chi connectivity index (χ2n) is 15.2. The molecule has 0 spiro atoms. The fourth-order valence-electron chi connectivity index (χ4n) is 10.6. The Labute approximate surface area is 274 Å². The molecule has 6 unspecified atom stereocenters. The van der Waals surface area contributed by atoms with Crippen molar-refractivity contribution in [2.75, 3.05) is 0 Å². The lowest BCUT2D eigenvalue weighted by molar-refractivity contribution is 0.553. The number of benzene rings is 2. The van der Waals surface area contributed by atoms with Gasteiger partial charge in [-0.2, -0.15) is 0 Å². The van der Waals surface area contributed by atoms with E-state index in [4.69, 9.17) is 0 Å². The summed E-state index contributed by atoms with van der Waals surface area (Å²) >= 11 is 0. The van der Waals surface area contributed by atoms with Gasteiger partial charge in [0, 0.05) is 23.7 Å². The van der Waals surface area contributed by atoms with Gasteiger partial charge in [0.1, 0.15) is 0 Å². The van der Waals surface area contributed by atoms with Crippen molar-refractivity contribution in [1.29, 1.82) is 0 Å². The van der Waals surface area contributed by atoms with Crippen LogP contribution in [-0.2, 0) is 0 Å². The molecule has 0 saturated heterocycles. The highest BCUT2D eigenvalue weighted by Crippen LogP contribution is 2.67. The van der Waals surface area contributed by atoms with Crippen molar-refractivity contribution in [2.24, 2.45) is 17.8 Å². The number of rotatable bonds is 2. The van der Waals surface area contributed by atoms with Gasteiger partial charge in [0.15, 0.2) is 0 Å². The number of fused-ring (bicyclic) bond motifs is 6. The van der Waals surface area contributed by atoms with Crippen LogP contribution >= 0.6 is 0 Å². The summed E-state index contributed by atoms with van der Waals surface area (Å²) in [6.45, 7) is 9.55. The smallest absolute Gasteiger partial charge is 0.0217 e. The normalized spacial score (nSPS) is 31.3. The van der Waals surface area contributed by atoms with Crippen LogP contribution in [0.2, 0.25) is 0 Å². The van der Waals surface area contributed by atoms with Gasteiger partial charge in [-0.3, -0.25) is 0 Å². The zero-order chi connectivity index (χ0) is 30.8. The van der Waals surface area contributed by atoms with Gasteiger partial charge in [0.2, 0.25) is 0 Å². The fourth-order valence-corrected chi connectivity index (χ4v) is 10.6. The minimum absolute atomic E-state index is 0.288. The Morgan fingerprint density at radius 1 is 0.783 bits per heavy atom. The molecule has 46 heavy (non-hydrogen) atoms. The third-order valence-electron chi connectivity index (χ3n) is 12.7. The molecule has 2 aromatic rings. The minimum Gasteiger partial charge on any atom is -0.0836 e. The molecule has 6 atom stereocenters. The zero-order valence-corrected chi connectivity index (χ0v) is 27.5. The molecule has 0 radical (unpaired) electrons. The molecule has 0 aromatic heterocycles. The predicted octanol–water partition coefficient (Wildman–Crippen LogP) is 11.6. The minimum atomic E-state index is 0.288. The third kappa shape index (κ3) is 3.46. The maximum Gasteiger partial charge on any atom is 0.0217 e. The Bertz CT molecular complexity index is 2080. The standard InChI is InChI=1S/C46H42/c1-25-18-20-33-43-34(21-19-26(2)39(25)43)46-41(30-14-9-6-10-15-30)44-32-17-11-16-31-35-22-27(3)28(4)23-36(35)37(42(31)32)24-38(44)40(45(33)46)29-12-7-5-8-13-29/h5,7-9,11-18,20-22,24,26,28,32,40,42,45H,6,10,19,23H2,1-4H3. The summed E-state index contributed by atoms with van der Waals surface area (Å²) in [6.07, 6.45) is 27.3. The van der Waals surface area contributed by atoms with Gasteiger partial charge < -0.3 is 0 Å². The molecule has 8 aliphatic rings. The third-order valence-corrected chi connectivity index (χ3v) is 12.7. The Morgan fingerprint density at radius 3 is 2.48 bits per heavy atom. The molecule has 226 valence electrons. The van der Waals surface area contributed by atoms with Gasteiger partial charge in [0.05, 0.1) is 0 Å². The van der Waals surface area contributed by atoms with E-state index in [0.29, 0.717) is 29.6 Å². The number of allylic oxidation sites excluding steroid dienone is 20. The molecule has 0 heterocycles. The number of hydrogen-bond acceptors (Lipinski definition) is 0. The van der Waals surface area contributed by atoms with Crippen molar-refractivity contribution in [3.63, 3.8) is 0 Å². The van der Waals surface area contributed by atoms with Crippen LogP contribution in [0.5, 0.6) is 0 Å². The Kier molecular flexibility index (Phi) is 5.68. The van der Waals surface area contributed by atoms with Crippen LogP contribution in [0.3, 0.4) is 0 Å². The quantitative estimate of drug-likeness (QED) is 0.324. The van der Waals surface area contributed by atoms with Gasteiger partial charge >= 0.3 is 0 Å². The van der Waals surface area contributed by atoms with Crippen LogP contribution in [0.1, 0.15) is 92.0 Å². The lowest BCUT2D eigenvalue weighted by Crippen LogP contribution is -2.31. The highest BCUT2D eigenvalue weighted by Gasteiger charge is 2.52. The molecule has 8 aliphatic carbocycles. The number of hydrogen-bond donors (Lipinski definition) is 0. The van der Waals surface area contributed by atoms with Crippen LogP contribution in [-0.4, -0.2) is 0 Å². The summed E-state index contributed by atoms with van der Waals surface area (Å²) in [5, 5.41) is 0. The first-order chi connectivity index (χ1) is 22.5. The molecule has 0 bridgehead atoms. The van der Waals surface area contributed by atoms with E-state index in [1.54, 1.807) is 61.3 Å². The van der Waals surface area contributed by atoms with Crippen molar-refractivity contribution in [3.05, 3.63) is 181 Å². The van der Waals surface area contributed by atoms with Crippen molar-refractivity contribution < 1.29 is 0 Å². The summed E-state index contributed by atoms with van der Waals surface area (Å²) in [4.78, 5) is 0.